The van der Waals surface area contributed by atoms with Crippen LogP contribution >= 0.6 is 0 Å². The maximum Gasteiger partial charge on any atom is 0.220 e. The smallest absolute Gasteiger partial charge is 0.220 e. The Bertz CT molecular complexity index is 692. The predicted octanol–water partition coefficient (Wildman–Crippen LogP) is 3.57. The van der Waals surface area contributed by atoms with Crippen LogP contribution in [0.5, 0.6) is 11.5 Å². The minimum absolute atomic E-state index is 0.0349. The van der Waals surface area contributed by atoms with Gasteiger partial charge in [0.25, 0.3) is 0 Å². The Labute approximate surface area is 174 Å². The molecule has 0 saturated heterocycles. The number of amides is 1. The lowest BCUT2D eigenvalue weighted by atomic mass is 10.0. The van der Waals surface area contributed by atoms with Crippen molar-refractivity contribution in [3.05, 3.63) is 36.2 Å². The summed E-state index contributed by atoms with van der Waals surface area (Å²) >= 11 is 0. The zero-order valence-electron chi connectivity index (χ0n) is 17.8. The monoisotopic (exact) mass is 401 g/mol. The molecule has 0 radical (unpaired) electrons. The molecule has 0 aromatic heterocycles. The SMILES string of the molecule is CCCCCCCC(=O)N[C@@H](Cc1ccc2c(c1)OCCO2)CN1C=CNC1C. The molecule has 0 saturated carbocycles. The van der Waals surface area contributed by atoms with Crippen LogP contribution in [0, 0.1) is 0 Å². The summed E-state index contributed by atoms with van der Waals surface area (Å²) in [5.41, 5.74) is 1.14. The van der Waals surface area contributed by atoms with Gasteiger partial charge in [0, 0.05) is 25.4 Å². The van der Waals surface area contributed by atoms with Gasteiger partial charge in [-0.25, -0.2) is 0 Å². The number of rotatable bonds is 11. The van der Waals surface area contributed by atoms with Crippen molar-refractivity contribution in [3.63, 3.8) is 0 Å². The summed E-state index contributed by atoms with van der Waals surface area (Å²) < 4.78 is 11.3. The van der Waals surface area contributed by atoms with Crippen LogP contribution in [-0.2, 0) is 11.2 Å². The van der Waals surface area contributed by atoms with E-state index < -0.39 is 0 Å². The van der Waals surface area contributed by atoms with Crippen LogP contribution in [0.3, 0.4) is 0 Å². The van der Waals surface area contributed by atoms with E-state index in [1.165, 1.54) is 19.3 Å². The number of benzene rings is 1. The van der Waals surface area contributed by atoms with Crippen LogP contribution in [-0.4, -0.2) is 42.8 Å². The first kappa shape index (κ1) is 21.3. The lowest BCUT2D eigenvalue weighted by Crippen LogP contribution is -2.46. The molecule has 2 atom stereocenters. The second kappa shape index (κ2) is 11.0. The molecule has 2 aliphatic heterocycles. The quantitative estimate of drug-likeness (QED) is 0.555. The molecule has 2 heterocycles. The standard InChI is InChI=1S/C23H35N3O3/c1-3-4-5-6-7-8-23(27)25-20(17-26-12-11-24-18(26)2)15-19-9-10-21-22(16-19)29-14-13-28-21/h9-12,16,18,20,24H,3-8,13-15,17H2,1-2H3,(H,25,27)/t18?,20-/m0/s1. The lowest BCUT2D eigenvalue weighted by Gasteiger charge is -2.28. The van der Waals surface area contributed by atoms with Crippen molar-refractivity contribution in [1.29, 1.82) is 0 Å². The molecule has 1 amide bonds. The van der Waals surface area contributed by atoms with Crippen LogP contribution in [0.4, 0.5) is 0 Å². The second-order valence-electron chi connectivity index (χ2n) is 7.97. The van der Waals surface area contributed by atoms with Crippen LogP contribution < -0.4 is 20.1 Å². The fourth-order valence-electron chi connectivity index (χ4n) is 3.83. The highest BCUT2D eigenvalue weighted by Crippen LogP contribution is 2.31. The van der Waals surface area contributed by atoms with E-state index >= 15 is 0 Å². The third-order valence-electron chi connectivity index (χ3n) is 5.49. The van der Waals surface area contributed by atoms with Crippen molar-refractivity contribution in [2.75, 3.05) is 19.8 Å². The van der Waals surface area contributed by atoms with E-state index in [1.807, 2.05) is 18.3 Å². The summed E-state index contributed by atoms with van der Waals surface area (Å²) in [4.78, 5) is 14.8. The molecular formula is C23H35N3O3. The van der Waals surface area contributed by atoms with Crippen molar-refractivity contribution in [2.24, 2.45) is 0 Å². The van der Waals surface area contributed by atoms with Gasteiger partial charge >= 0.3 is 0 Å². The number of carbonyl (C=O) groups excluding carboxylic acids is 1. The highest BCUT2D eigenvalue weighted by Gasteiger charge is 2.21. The second-order valence-corrected chi connectivity index (χ2v) is 7.97. The zero-order chi connectivity index (χ0) is 20.5. The average Bonchev–Trinajstić information content (AvgIpc) is 3.12. The summed E-state index contributed by atoms with van der Waals surface area (Å²) in [6, 6.07) is 6.11. The van der Waals surface area contributed by atoms with E-state index in [-0.39, 0.29) is 18.1 Å². The molecule has 0 fully saturated rings. The fourth-order valence-corrected chi connectivity index (χ4v) is 3.83. The van der Waals surface area contributed by atoms with E-state index in [0.717, 1.165) is 42.9 Å². The fraction of sp³-hybridized carbons (Fsp3) is 0.609. The van der Waals surface area contributed by atoms with Crippen LogP contribution in [0.15, 0.2) is 30.6 Å². The van der Waals surface area contributed by atoms with Gasteiger partial charge < -0.3 is 25.0 Å². The van der Waals surface area contributed by atoms with E-state index in [0.29, 0.717) is 19.6 Å². The Morgan fingerprint density at radius 3 is 2.76 bits per heavy atom. The Hall–Kier alpha value is -2.37. The van der Waals surface area contributed by atoms with Crippen LogP contribution in [0.25, 0.3) is 0 Å². The van der Waals surface area contributed by atoms with Crippen LogP contribution in [0.1, 0.15) is 57.9 Å². The molecule has 6 nitrogen and oxygen atoms in total. The van der Waals surface area contributed by atoms with Gasteiger partial charge in [-0.2, -0.15) is 0 Å². The van der Waals surface area contributed by atoms with E-state index in [4.69, 9.17) is 9.47 Å². The number of nitrogens with one attached hydrogen (secondary N) is 2. The molecule has 3 rings (SSSR count). The van der Waals surface area contributed by atoms with E-state index in [9.17, 15) is 4.79 Å². The minimum Gasteiger partial charge on any atom is -0.486 e. The van der Waals surface area contributed by atoms with Gasteiger partial charge in [0.1, 0.15) is 13.2 Å². The number of ether oxygens (including phenoxy) is 2. The summed E-state index contributed by atoms with van der Waals surface area (Å²) in [5, 5.41) is 6.55. The largest absolute Gasteiger partial charge is 0.486 e. The van der Waals surface area contributed by atoms with Gasteiger partial charge in [-0.3, -0.25) is 4.79 Å². The maximum absolute atomic E-state index is 12.6. The molecule has 160 valence electrons. The van der Waals surface area contributed by atoms with Crippen LogP contribution in [0.2, 0.25) is 0 Å². The van der Waals surface area contributed by atoms with Gasteiger partial charge in [-0.05, 0) is 37.5 Å². The summed E-state index contributed by atoms with van der Waals surface area (Å²) in [6.45, 7) is 6.26. The molecule has 6 heteroatoms. The van der Waals surface area contributed by atoms with Crippen molar-refractivity contribution in [1.82, 2.24) is 15.5 Å². The van der Waals surface area contributed by atoms with Crippen molar-refractivity contribution < 1.29 is 14.3 Å². The number of fused-ring (bicyclic) bond motifs is 1. The number of hydrogen-bond acceptors (Lipinski definition) is 5. The predicted molar refractivity (Wildman–Crippen MR) is 115 cm³/mol. The number of carbonyl (C=O) groups is 1. The van der Waals surface area contributed by atoms with Crippen molar-refractivity contribution >= 4 is 5.91 Å². The Morgan fingerprint density at radius 2 is 2.00 bits per heavy atom. The first-order chi connectivity index (χ1) is 14.2. The molecular weight excluding hydrogens is 366 g/mol. The average molecular weight is 402 g/mol. The highest BCUT2D eigenvalue weighted by molar-refractivity contribution is 5.76. The molecule has 1 unspecified atom stereocenters. The normalized spacial score (nSPS) is 18.4. The van der Waals surface area contributed by atoms with Crippen molar-refractivity contribution in [3.8, 4) is 11.5 Å². The number of hydrogen-bond donors (Lipinski definition) is 2. The zero-order valence-corrected chi connectivity index (χ0v) is 17.8. The molecule has 29 heavy (non-hydrogen) atoms. The number of unbranched alkanes of at least 4 members (excludes halogenated alkanes) is 4. The van der Waals surface area contributed by atoms with E-state index in [2.05, 4.69) is 41.6 Å². The Morgan fingerprint density at radius 1 is 1.21 bits per heavy atom. The molecule has 1 aromatic carbocycles. The van der Waals surface area contributed by atoms with Gasteiger partial charge in [0.15, 0.2) is 11.5 Å². The first-order valence-corrected chi connectivity index (χ1v) is 11.0. The lowest BCUT2D eigenvalue weighted by molar-refractivity contribution is -0.122. The maximum atomic E-state index is 12.6. The summed E-state index contributed by atoms with van der Waals surface area (Å²) in [7, 11) is 0. The third-order valence-corrected chi connectivity index (χ3v) is 5.49. The van der Waals surface area contributed by atoms with Crippen molar-refractivity contribution in [2.45, 2.75) is 71.0 Å². The molecule has 2 aliphatic rings. The Kier molecular flexibility index (Phi) is 8.08. The van der Waals surface area contributed by atoms with Gasteiger partial charge in [-0.1, -0.05) is 38.7 Å². The number of nitrogens with zero attached hydrogens (tertiary/aromatic N) is 1. The molecule has 0 spiro atoms. The summed E-state index contributed by atoms with van der Waals surface area (Å²) in [5.74, 6) is 1.74. The Balaban J connectivity index is 1.58. The topological polar surface area (TPSA) is 62.8 Å². The van der Waals surface area contributed by atoms with Gasteiger partial charge in [0.05, 0.1) is 12.2 Å². The highest BCUT2D eigenvalue weighted by atomic mass is 16.6. The first-order valence-electron chi connectivity index (χ1n) is 11.0. The molecule has 0 bridgehead atoms. The molecule has 1 aromatic rings. The molecule has 2 N–H and O–H groups in total. The third kappa shape index (κ3) is 6.58. The summed E-state index contributed by atoms with van der Waals surface area (Å²) in [6.07, 6.45) is 11.4. The molecule has 0 aliphatic carbocycles. The van der Waals surface area contributed by atoms with Gasteiger partial charge in [-0.15, -0.1) is 0 Å². The van der Waals surface area contributed by atoms with E-state index in [1.54, 1.807) is 0 Å². The minimum atomic E-state index is 0.0349. The van der Waals surface area contributed by atoms with Gasteiger partial charge in [0.2, 0.25) is 5.91 Å².